The monoisotopic (exact) mass is 327 g/mol. The summed E-state index contributed by atoms with van der Waals surface area (Å²) in [5.41, 5.74) is 0.488. The molecule has 7 heteroatoms. The fourth-order valence-corrected chi connectivity index (χ4v) is 2.32. The molecule has 2 aromatic rings. The van der Waals surface area contributed by atoms with E-state index in [9.17, 15) is 4.79 Å². The van der Waals surface area contributed by atoms with Gasteiger partial charge in [0.15, 0.2) is 0 Å². The maximum absolute atomic E-state index is 12.1. The van der Waals surface area contributed by atoms with E-state index >= 15 is 0 Å². The van der Waals surface area contributed by atoms with Gasteiger partial charge in [-0.2, -0.15) is 4.37 Å². The summed E-state index contributed by atoms with van der Waals surface area (Å²) in [6.45, 7) is 1.77. The number of hydrogen-bond acceptors (Lipinski definition) is 5. The van der Waals surface area contributed by atoms with E-state index < -0.39 is 0 Å². The lowest BCUT2D eigenvalue weighted by molar-refractivity contribution is 0.102. The normalized spacial score (nSPS) is 10.2. The average Bonchev–Trinajstić information content (AvgIpc) is 2.75. The molecule has 0 fully saturated rings. The highest BCUT2D eigenvalue weighted by Gasteiger charge is 2.13. The van der Waals surface area contributed by atoms with Gasteiger partial charge in [0.05, 0.1) is 12.7 Å². The Morgan fingerprint density at radius 2 is 2.28 bits per heavy atom. The van der Waals surface area contributed by atoms with Crippen LogP contribution in [0.4, 0.5) is 5.13 Å². The first-order chi connectivity index (χ1) is 8.60. The van der Waals surface area contributed by atoms with Gasteiger partial charge in [-0.15, -0.1) is 0 Å². The van der Waals surface area contributed by atoms with E-state index in [1.165, 1.54) is 0 Å². The molecule has 0 unspecified atom stereocenters. The van der Waals surface area contributed by atoms with Crippen molar-refractivity contribution in [2.75, 3.05) is 12.4 Å². The maximum Gasteiger partial charge on any atom is 0.258 e. The average molecular weight is 328 g/mol. The predicted molar refractivity (Wildman–Crippen MR) is 73.3 cm³/mol. The van der Waals surface area contributed by atoms with Crippen molar-refractivity contribution in [2.24, 2.45) is 0 Å². The quantitative estimate of drug-likeness (QED) is 0.941. The van der Waals surface area contributed by atoms with E-state index in [1.54, 1.807) is 32.2 Å². The Hall–Kier alpha value is -1.47. The van der Waals surface area contributed by atoms with Crippen molar-refractivity contribution in [1.82, 2.24) is 9.36 Å². The van der Waals surface area contributed by atoms with Crippen LogP contribution in [-0.2, 0) is 0 Å². The smallest absolute Gasteiger partial charge is 0.258 e. The second-order valence-electron chi connectivity index (χ2n) is 3.45. The molecule has 2 rings (SSSR count). The number of amides is 1. The number of nitrogens with one attached hydrogen (secondary N) is 1. The number of aromatic nitrogens is 2. The van der Waals surface area contributed by atoms with E-state index in [0.29, 0.717) is 26.7 Å². The van der Waals surface area contributed by atoms with Crippen molar-refractivity contribution in [3.05, 3.63) is 34.1 Å². The molecule has 0 aliphatic heterocycles. The lowest BCUT2D eigenvalue weighted by Crippen LogP contribution is -2.12. The van der Waals surface area contributed by atoms with Crippen LogP contribution in [0.15, 0.2) is 22.7 Å². The summed E-state index contributed by atoms with van der Waals surface area (Å²) < 4.78 is 9.78. The molecule has 0 radical (unpaired) electrons. The van der Waals surface area contributed by atoms with Crippen LogP contribution in [0.5, 0.6) is 5.75 Å². The molecule has 0 aliphatic rings. The van der Waals surface area contributed by atoms with Crippen LogP contribution in [0.25, 0.3) is 0 Å². The molecule has 1 aromatic carbocycles. The Kier molecular flexibility index (Phi) is 3.93. The minimum absolute atomic E-state index is 0.253. The van der Waals surface area contributed by atoms with Gasteiger partial charge < -0.3 is 4.74 Å². The van der Waals surface area contributed by atoms with E-state index in [-0.39, 0.29) is 5.91 Å². The van der Waals surface area contributed by atoms with Crippen molar-refractivity contribution in [1.29, 1.82) is 0 Å². The summed E-state index contributed by atoms with van der Waals surface area (Å²) in [6.07, 6.45) is 0. The maximum atomic E-state index is 12.1. The highest BCUT2D eigenvalue weighted by molar-refractivity contribution is 9.10. The minimum atomic E-state index is -0.253. The topological polar surface area (TPSA) is 64.1 Å². The van der Waals surface area contributed by atoms with Crippen molar-refractivity contribution in [3.63, 3.8) is 0 Å². The van der Waals surface area contributed by atoms with Crippen LogP contribution < -0.4 is 10.1 Å². The molecule has 1 heterocycles. The van der Waals surface area contributed by atoms with E-state index in [1.807, 2.05) is 0 Å². The zero-order valence-corrected chi connectivity index (χ0v) is 12.1. The predicted octanol–water partition coefficient (Wildman–Crippen LogP) is 2.87. The third-order valence-corrected chi connectivity index (χ3v) is 3.58. The molecule has 0 saturated carbocycles. The number of carbonyl (C=O) groups excluding carboxylic acids is 1. The number of benzene rings is 1. The van der Waals surface area contributed by atoms with Crippen molar-refractivity contribution >= 4 is 38.5 Å². The largest absolute Gasteiger partial charge is 0.497 e. The third-order valence-electron chi connectivity index (χ3n) is 2.17. The summed E-state index contributed by atoms with van der Waals surface area (Å²) in [5, 5.41) is 3.17. The molecule has 1 amide bonds. The molecule has 1 N–H and O–H groups in total. The van der Waals surface area contributed by atoms with Crippen LogP contribution in [-0.4, -0.2) is 22.4 Å². The number of anilines is 1. The Bertz CT molecular complexity index is 585. The summed E-state index contributed by atoms with van der Waals surface area (Å²) in [4.78, 5) is 16.1. The SMILES string of the molecule is COc1ccc(Br)c(C(=O)Nc2nc(C)ns2)c1. The van der Waals surface area contributed by atoms with Gasteiger partial charge in [-0.1, -0.05) is 0 Å². The van der Waals surface area contributed by atoms with Gasteiger partial charge in [0.2, 0.25) is 5.13 Å². The van der Waals surface area contributed by atoms with Crippen LogP contribution in [0, 0.1) is 6.92 Å². The van der Waals surface area contributed by atoms with E-state index in [2.05, 4.69) is 30.6 Å². The molecule has 0 spiro atoms. The van der Waals surface area contributed by atoms with E-state index in [0.717, 1.165) is 11.5 Å². The van der Waals surface area contributed by atoms with Gasteiger partial charge in [0.1, 0.15) is 11.6 Å². The number of carbonyl (C=O) groups is 1. The van der Waals surface area contributed by atoms with Crippen molar-refractivity contribution < 1.29 is 9.53 Å². The molecular formula is C11H10BrN3O2S. The van der Waals surface area contributed by atoms with Crippen LogP contribution >= 0.6 is 27.5 Å². The molecular weight excluding hydrogens is 318 g/mol. The Morgan fingerprint density at radius 1 is 1.50 bits per heavy atom. The summed E-state index contributed by atoms with van der Waals surface area (Å²) in [5.74, 6) is 1.01. The Labute approximate surface area is 116 Å². The molecule has 0 aliphatic carbocycles. The Morgan fingerprint density at radius 3 is 2.89 bits per heavy atom. The number of aryl methyl sites for hydroxylation is 1. The number of halogens is 1. The lowest BCUT2D eigenvalue weighted by Gasteiger charge is -2.06. The first-order valence-corrected chi connectivity index (χ1v) is 6.62. The fourth-order valence-electron chi connectivity index (χ4n) is 1.32. The van der Waals surface area contributed by atoms with Gasteiger partial charge >= 0.3 is 0 Å². The summed E-state index contributed by atoms with van der Waals surface area (Å²) >= 11 is 4.48. The van der Waals surface area contributed by atoms with Crippen LogP contribution in [0.3, 0.4) is 0 Å². The van der Waals surface area contributed by atoms with Crippen molar-refractivity contribution in [2.45, 2.75) is 6.92 Å². The highest BCUT2D eigenvalue weighted by Crippen LogP contribution is 2.23. The molecule has 0 bridgehead atoms. The van der Waals surface area contributed by atoms with E-state index in [4.69, 9.17) is 4.74 Å². The zero-order chi connectivity index (χ0) is 13.1. The number of methoxy groups -OCH3 is 1. The van der Waals surface area contributed by atoms with Crippen molar-refractivity contribution in [3.8, 4) is 5.75 Å². The first-order valence-electron chi connectivity index (χ1n) is 5.05. The number of hydrogen-bond donors (Lipinski definition) is 1. The third kappa shape index (κ3) is 2.85. The summed E-state index contributed by atoms with van der Waals surface area (Å²) in [7, 11) is 1.55. The first kappa shape index (κ1) is 13.0. The second kappa shape index (κ2) is 5.45. The number of rotatable bonds is 3. The molecule has 94 valence electrons. The zero-order valence-electron chi connectivity index (χ0n) is 9.73. The van der Waals surface area contributed by atoms with Crippen LogP contribution in [0.1, 0.15) is 16.2 Å². The van der Waals surface area contributed by atoms with Gasteiger partial charge in [0.25, 0.3) is 5.91 Å². The molecule has 0 saturated heterocycles. The fraction of sp³-hybridized carbons (Fsp3) is 0.182. The molecule has 1 aromatic heterocycles. The van der Waals surface area contributed by atoms with Gasteiger partial charge in [-0.3, -0.25) is 10.1 Å². The highest BCUT2D eigenvalue weighted by atomic mass is 79.9. The van der Waals surface area contributed by atoms with Gasteiger partial charge in [-0.25, -0.2) is 4.98 Å². The Balaban J connectivity index is 2.23. The second-order valence-corrected chi connectivity index (χ2v) is 5.05. The lowest BCUT2D eigenvalue weighted by atomic mass is 10.2. The number of nitrogens with zero attached hydrogens (tertiary/aromatic N) is 2. The molecule has 0 atom stereocenters. The van der Waals surface area contributed by atoms with Crippen LogP contribution in [0.2, 0.25) is 0 Å². The summed E-state index contributed by atoms with van der Waals surface area (Å²) in [6, 6.07) is 5.20. The number of ether oxygens (including phenoxy) is 1. The standard InChI is InChI=1S/C11H10BrN3O2S/c1-6-13-11(18-15-6)14-10(16)8-5-7(17-2)3-4-9(8)12/h3-5H,1-2H3,(H,13,14,15,16). The minimum Gasteiger partial charge on any atom is -0.497 e. The van der Waals surface area contributed by atoms with Gasteiger partial charge in [0, 0.05) is 16.0 Å². The van der Waals surface area contributed by atoms with Gasteiger partial charge in [-0.05, 0) is 41.1 Å². The molecule has 5 nitrogen and oxygen atoms in total. The molecule has 18 heavy (non-hydrogen) atoms.